The predicted octanol–water partition coefficient (Wildman–Crippen LogP) is 0.873. The van der Waals surface area contributed by atoms with Crippen molar-refractivity contribution in [1.82, 2.24) is 4.98 Å². The number of esters is 1. The number of rotatable bonds is 6. The summed E-state index contributed by atoms with van der Waals surface area (Å²) in [7, 11) is -3.20. The van der Waals surface area contributed by atoms with Gasteiger partial charge in [-0.2, -0.15) is 0 Å². The Kier molecular flexibility index (Phi) is 5.32. The lowest BCUT2D eigenvalue weighted by molar-refractivity contribution is -0.115. The van der Waals surface area contributed by atoms with Crippen LogP contribution >= 0.6 is 0 Å². The fourth-order valence-corrected chi connectivity index (χ4v) is 2.14. The summed E-state index contributed by atoms with van der Waals surface area (Å²) < 4.78 is 26.9. The number of carbonyl (C=O) groups is 2. The highest BCUT2D eigenvalue weighted by Gasteiger charge is 2.19. The van der Waals surface area contributed by atoms with Gasteiger partial charge in [0, 0.05) is 24.6 Å². The summed E-state index contributed by atoms with van der Waals surface area (Å²) in [5.74, 6) is -1.25. The standard InChI is InChI=1S/C12H18N2O5S/c1-4-19-12(16)11-8(2)13-7-9(11)14-10(15)5-6-20(3,17)18/h7,13H,4-6H2,1-3H3,(H,14,15). The molecule has 1 rings (SSSR count). The summed E-state index contributed by atoms with van der Waals surface area (Å²) in [6.45, 7) is 3.59. The number of nitrogens with one attached hydrogen (secondary N) is 2. The molecule has 0 saturated carbocycles. The lowest BCUT2D eigenvalue weighted by Gasteiger charge is -2.07. The molecule has 7 nitrogen and oxygen atoms in total. The van der Waals surface area contributed by atoms with E-state index in [0.29, 0.717) is 11.4 Å². The van der Waals surface area contributed by atoms with Crippen LogP contribution in [-0.4, -0.2) is 43.9 Å². The lowest BCUT2D eigenvalue weighted by Crippen LogP contribution is -2.18. The number of aryl methyl sites for hydroxylation is 1. The van der Waals surface area contributed by atoms with Crippen LogP contribution in [0.5, 0.6) is 0 Å². The van der Waals surface area contributed by atoms with Crippen LogP contribution in [-0.2, 0) is 19.4 Å². The molecule has 2 N–H and O–H groups in total. The molecule has 0 unspecified atom stereocenters. The third kappa shape index (κ3) is 4.69. The topological polar surface area (TPSA) is 105 Å². The molecule has 0 fully saturated rings. The molecule has 0 aliphatic carbocycles. The Morgan fingerprint density at radius 2 is 2.05 bits per heavy atom. The van der Waals surface area contributed by atoms with Crippen LogP contribution in [0.4, 0.5) is 5.69 Å². The SMILES string of the molecule is CCOC(=O)c1c(NC(=O)CCS(C)(=O)=O)c[nH]c1C. The summed E-state index contributed by atoms with van der Waals surface area (Å²) in [6, 6.07) is 0. The van der Waals surface area contributed by atoms with Gasteiger partial charge in [0.15, 0.2) is 0 Å². The summed E-state index contributed by atoms with van der Waals surface area (Å²) in [6.07, 6.45) is 2.37. The van der Waals surface area contributed by atoms with Crippen LogP contribution < -0.4 is 5.32 Å². The molecular weight excluding hydrogens is 284 g/mol. The average molecular weight is 302 g/mol. The number of aromatic amines is 1. The Hall–Kier alpha value is -1.83. The van der Waals surface area contributed by atoms with Crippen molar-refractivity contribution in [2.75, 3.05) is 23.9 Å². The maximum Gasteiger partial charge on any atom is 0.342 e. The number of anilines is 1. The van der Waals surface area contributed by atoms with E-state index >= 15 is 0 Å². The van der Waals surface area contributed by atoms with Gasteiger partial charge in [0.25, 0.3) is 0 Å². The van der Waals surface area contributed by atoms with Crippen LogP contribution in [0.1, 0.15) is 29.4 Å². The molecule has 1 amide bonds. The van der Waals surface area contributed by atoms with Crippen molar-refractivity contribution in [3.05, 3.63) is 17.5 Å². The maximum absolute atomic E-state index is 11.8. The number of amides is 1. The lowest BCUT2D eigenvalue weighted by atomic mass is 10.2. The molecule has 0 atom stereocenters. The van der Waals surface area contributed by atoms with Gasteiger partial charge in [0.2, 0.25) is 5.91 Å². The van der Waals surface area contributed by atoms with Gasteiger partial charge in [-0.15, -0.1) is 0 Å². The highest BCUT2D eigenvalue weighted by Crippen LogP contribution is 2.20. The van der Waals surface area contributed by atoms with Gasteiger partial charge < -0.3 is 15.0 Å². The molecule has 0 aromatic carbocycles. The molecule has 1 heterocycles. The first-order chi connectivity index (χ1) is 9.24. The van der Waals surface area contributed by atoms with E-state index in [1.165, 1.54) is 6.20 Å². The van der Waals surface area contributed by atoms with E-state index < -0.39 is 21.7 Å². The van der Waals surface area contributed by atoms with E-state index in [4.69, 9.17) is 4.74 Å². The Bertz CT molecular complexity index is 603. The number of aromatic nitrogens is 1. The van der Waals surface area contributed by atoms with Gasteiger partial charge in [-0.1, -0.05) is 0 Å². The van der Waals surface area contributed by atoms with Crippen molar-refractivity contribution >= 4 is 27.4 Å². The average Bonchev–Trinajstić information content (AvgIpc) is 2.67. The molecule has 112 valence electrons. The van der Waals surface area contributed by atoms with Crippen LogP contribution in [0.15, 0.2) is 6.20 Å². The largest absolute Gasteiger partial charge is 0.462 e. The third-order valence-electron chi connectivity index (χ3n) is 2.53. The summed E-state index contributed by atoms with van der Waals surface area (Å²) in [5.41, 5.74) is 1.11. The second kappa shape index (κ2) is 6.56. The van der Waals surface area contributed by atoms with E-state index in [2.05, 4.69) is 10.3 Å². The Morgan fingerprint density at radius 3 is 2.60 bits per heavy atom. The first-order valence-corrected chi connectivity index (χ1v) is 8.13. The number of carbonyl (C=O) groups excluding carboxylic acids is 2. The number of sulfone groups is 1. The van der Waals surface area contributed by atoms with E-state index in [1.807, 2.05) is 0 Å². The molecule has 0 spiro atoms. The number of H-pyrrole nitrogens is 1. The quantitative estimate of drug-likeness (QED) is 0.759. The molecular formula is C12H18N2O5S. The Balaban J connectivity index is 2.78. The number of ether oxygens (including phenoxy) is 1. The van der Waals surface area contributed by atoms with Crippen molar-refractivity contribution in [3.63, 3.8) is 0 Å². The third-order valence-corrected chi connectivity index (χ3v) is 3.48. The highest BCUT2D eigenvalue weighted by atomic mass is 32.2. The van der Waals surface area contributed by atoms with Gasteiger partial charge >= 0.3 is 5.97 Å². The first kappa shape index (κ1) is 16.2. The molecule has 1 aromatic rings. The van der Waals surface area contributed by atoms with Crippen molar-refractivity contribution < 1.29 is 22.7 Å². The van der Waals surface area contributed by atoms with Crippen molar-refractivity contribution in [3.8, 4) is 0 Å². The van der Waals surface area contributed by atoms with Crippen molar-refractivity contribution in [1.29, 1.82) is 0 Å². The first-order valence-electron chi connectivity index (χ1n) is 6.07. The molecule has 0 aliphatic rings. The van der Waals surface area contributed by atoms with Gasteiger partial charge in [-0.25, -0.2) is 13.2 Å². The second-order valence-corrected chi connectivity index (χ2v) is 6.61. The zero-order chi connectivity index (χ0) is 15.3. The predicted molar refractivity (Wildman–Crippen MR) is 74.4 cm³/mol. The Labute approximate surface area is 117 Å². The normalized spacial score (nSPS) is 11.2. The smallest absolute Gasteiger partial charge is 0.342 e. The van der Waals surface area contributed by atoms with Crippen LogP contribution in [0.25, 0.3) is 0 Å². The van der Waals surface area contributed by atoms with E-state index in [1.54, 1.807) is 13.8 Å². The number of hydrogen-bond acceptors (Lipinski definition) is 5. The fourth-order valence-electron chi connectivity index (χ4n) is 1.58. The maximum atomic E-state index is 11.8. The Morgan fingerprint density at radius 1 is 1.40 bits per heavy atom. The summed E-state index contributed by atoms with van der Waals surface area (Å²) in [5, 5.41) is 2.51. The summed E-state index contributed by atoms with van der Waals surface area (Å²) in [4.78, 5) is 26.2. The molecule has 8 heteroatoms. The van der Waals surface area contributed by atoms with Crippen LogP contribution in [0.2, 0.25) is 0 Å². The second-order valence-electron chi connectivity index (χ2n) is 4.35. The molecule has 1 aromatic heterocycles. The minimum absolute atomic E-state index is 0.161. The molecule has 20 heavy (non-hydrogen) atoms. The van der Waals surface area contributed by atoms with Gasteiger partial charge in [0.05, 0.1) is 18.0 Å². The van der Waals surface area contributed by atoms with Gasteiger partial charge in [-0.3, -0.25) is 4.79 Å². The van der Waals surface area contributed by atoms with Gasteiger partial charge in [-0.05, 0) is 13.8 Å². The van der Waals surface area contributed by atoms with E-state index in [9.17, 15) is 18.0 Å². The zero-order valence-electron chi connectivity index (χ0n) is 11.6. The minimum Gasteiger partial charge on any atom is -0.462 e. The van der Waals surface area contributed by atoms with Crippen LogP contribution in [0.3, 0.4) is 0 Å². The fraction of sp³-hybridized carbons (Fsp3) is 0.500. The molecule has 0 bridgehead atoms. The molecule has 0 saturated heterocycles. The van der Waals surface area contributed by atoms with Gasteiger partial charge in [0.1, 0.15) is 15.4 Å². The molecule has 0 radical (unpaired) electrons. The minimum atomic E-state index is -3.20. The van der Waals surface area contributed by atoms with Crippen molar-refractivity contribution in [2.24, 2.45) is 0 Å². The van der Waals surface area contributed by atoms with Crippen molar-refractivity contribution in [2.45, 2.75) is 20.3 Å². The number of hydrogen-bond donors (Lipinski definition) is 2. The highest BCUT2D eigenvalue weighted by molar-refractivity contribution is 7.90. The zero-order valence-corrected chi connectivity index (χ0v) is 12.5. The van der Waals surface area contributed by atoms with E-state index in [-0.39, 0.29) is 24.3 Å². The van der Waals surface area contributed by atoms with E-state index in [0.717, 1.165) is 6.26 Å². The van der Waals surface area contributed by atoms with Crippen LogP contribution in [0, 0.1) is 6.92 Å². The summed E-state index contributed by atoms with van der Waals surface area (Å²) >= 11 is 0. The molecule has 0 aliphatic heterocycles. The monoisotopic (exact) mass is 302 g/mol.